The number of alkyl halides is 1. The van der Waals surface area contributed by atoms with E-state index < -0.39 is 11.6 Å². The van der Waals surface area contributed by atoms with E-state index in [9.17, 15) is 8.78 Å². The van der Waals surface area contributed by atoms with Crippen molar-refractivity contribution in [3.8, 4) is 5.69 Å². The van der Waals surface area contributed by atoms with Crippen molar-refractivity contribution in [2.45, 2.75) is 5.88 Å². The van der Waals surface area contributed by atoms with Crippen molar-refractivity contribution >= 4 is 56.8 Å². The van der Waals surface area contributed by atoms with Gasteiger partial charge in [-0.25, -0.2) is 13.8 Å². The Labute approximate surface area is 142 Å². The van der Waals surface area contributed by atoms with E-state index in [0.717, 1.165) is 0 Å². The van der Waals surface area contributed by atoms with Gasteiger partial charge in [-0.2, -0.15) is 0 Å². The van der Waals surface area contributed by atoms with Crippen molar-refractivity contribution in [1.29, 1.82) is 0 Å². The van der Waals surface area contributed by atoms with E-state index in [1.807, 2.05) is 22.6 Å². The van der Waals surface area contributed by atoms with Gasteiger partial charge in [-0.05, 0) is 46.9 Å². The number of hydrogen-bond acceptors (Lipinski definition) is 1. The molecule has 3 rings (SSSR count). The van der Waals surface area contributed by atoms with Gasteiger partial charge < -0.3 is 0 Å². The van der Waals surface area contributed by atoms with Crippen LogP contribution in [0.15, 0.2) is 30.3 Å². The maximum Gasteiger partial charge on any atom is 0.147 e. The first-order chi connectivity index (χ1) is 10.0. The molecule has 0 saturated heterocycles. The van der Waals surface area contributed by atoms with Gasteiger partial charge >= 0.3 is 0 Å². The second-order valence-corrected chi connectivity index (χ2v) is 6.21. The predicted octanol–water partition coefficient (Wildman–Crippen LogP) is 5.30. The Hall–Kier alpha value is -0.920. The van der Waals surface area contributed by atoms with Crippen LogP contribution in [0.2, 0.25) is 5.02 Å². The maximum atomic E-state index is 14.1. The molecule has 0 N–H and O–H groups in total. The Bertz CT molecular complexity index is 849. The number of aromatic nitrogens is 2. The van der Waals surface area contributed by atoms with Gasteiger partial charge in [0.2, 0.25) is 0 Å². The van der Waals surface area contributed by atoms with Crippen LogP contribution in [0.4, 0.5) is 8.78 Å². The Morgan fingerprint density at radius 3 is 2.62 bits per heavy atom. The lowest BCUT2D eigenvalue weighted by Gasteiger charge is -2.09. The molecule has 0 amide bonds. The molecule has 21 heavy (non-hydrogen) atoms. The normalized spacial score (nSPS) is 11.3. The van der Waals surface area contributed by atoms with Crippen LogP contribution in [0.25, 0.3) is 16.7 Å². The average Bonchev–Trinajstić information content (AvgIpc) is 2.79. The number of nitrogens with zero attached hydrogens (tertiary/aromatic N) is 2. The lowest BCUT2D eigenvalue weighted by atomic mass is 10.2. The van der Waals surface area contributed by atoms with E-state index >= 15 is 0 Å². The molecule has 0 saturated carbocycles. The number of hydrogen-bond donors (Lipinski definition) is 0. The quantitative estimate of drug-likeness (QED) is 0.392. The SMILES string of the molecule is Fc1cc2c(cc1I)nc(CCl)n2-c1cc(Cl)ccc1F. The van der Waals surface area contributed by atoms with Crippen LogP contribution in [-0.4, -0.2) is 9.55 Å². The highest BCUT2D eigenvalue weighted by atomic mass is 127. The van der Waals surface area contributed by atoms with Crippen LogP contribution in [-0.2, 0) is 5.88 Å². The molecule has 108 valence electrons. The molecule has 0 aliphatic rings. The summed E-state index contributed by atoms with van der Waals surface area (Å²) in [5.74, 6) is -0.384. The summed E-state index contributed by atoms with van der Waals surface area (Å²) in [4.78, 5) is 4.33. The summed E-state index contributed by atoms with van der Waals surface area (Å²) < 4.78 is 29.9. The molecule has 0 fully saturated rings. The molecule has 1 heterocycles. The molecule has 7 heteroatoms. The van der Waals surface area contributed by atoms with Gasteiger partial charge in [0.15, 0.2) is 0 Å². The van der Waals surface area contributed by atoms with Crippen molar-refractivity contribution in [1.82, 2.24) is 9.55 Å². The number of fused-ring (bicyclic) bond motifs is 1. The molecule has 0 unspecified atom stereocenters. The molecule has 0 aliphatic heterocycles. The first-order valence-corrected chi connectivity index (χ1v) is 7.88. The van der Waals surface area contributed by atoms with E-state index in [0.29, 0.717) is 25.5 Å². The highest BCUT2D eigenvalue weighted by Crippen LogP contribution is 2.28. The van der Waals surface area contributed by atoms with Crippen molar-refractivity contribution in [3.05, 3.63) is 56.4 Å². The highest BCUT2D eigenvalue weighted by Gasteiger charge is 2.17. The van der Waals surface area contributed by atoms with Crippen LogP contribution < -0.4 is 0 Å². The molecular weight excluding hydrogens is 432 g/mol. The summed E-state index contributed by atoms with van der Waals surface area (Å²) in [6.07, 6.45) is 0. The topological polar surface area (TPSA) is 17.8 Å². The Morgan fingerprint density at radius 2 is 1.90 bits per heavy atom. The minimum absolute atomic E-state index is 0.0683. The van der Waals surface area contributed by atoms with E-state index in [4.69, 9.17) is 23.2 Å². The molecule has 0 spiro atoms. The fourth-order valence-corrected chi connectivity index (χ4v) is 2.93. The molecule has 0 radical (unpaired) electrons. The van der Waals surface area contributed by atoms with Crippen LogP contribution >= 0.6 is 45.8 Å². The number of benzene rings is 2. The van der Waals surface area contributed by atoms with Crippen LogP contribution in [0.1, 0.15) is 5.82 Å². The zero-order chi connectivity index (χ0) is 15.1. The molecule has 0 atom stereocenters. The van der Waals surface area contributed by atoms with Crippen molar-refractivity contribution < 1.29 is 8.78 Å². The van der Waals surface area contributed by atoms with E-state index in [1.54, 1.807) is 6.07 Å². The zero-order valence-electron chi connectivity index (χ0n) is 10.4. The van der Waals surface area contributed by atoms with Gasteiger partial charge in [-0.3, -0.25) is 4.57 Å². The molecule has 3 aromatic rings. The summed E-state index contributed by atoms with van der Waals surface area (Å²) in [5.41, 5.74) is 1.20. The third-order valence-electron chi connectivity index (χ3n) is 3.03. The molecule has 2 nitrogen and oxygen atoms in total. The van der Waals surface area contributed by atoms with Crippen molar-refractivity contribution in [2.24, 2.45) is 0 Å². The van der Waals surface area contributed by atoms with Crippen molar-refractivity contribution in [3.63, 3.8) is 0 Å². The summed E-state index contributed by atoms with van der Waals surface area (Å²) in [5, 5.41) is 0.375. The Morgan fingerprint density at radius 1 is 1.14 bits per heavy atom. The van der Waals surface area contributed by atoms with Gasteiger partial charge in [-0.1, -0.05) is 11.6 Å². The zero-order valence-corrected chi connectivity index (χ0v) is 14.0. The van der Waals surface area contributed by atoms with E-state index in [1.165, 1.54) is 28.8 Å². The summed E-state index contributed by atoms with van der Waals surface area (Å²) in [6.45, 7) is 0. The molecular formula is C14H7Cl2F2IN2. The second kappa shape index (κ2) is 5.70. The smallest absolute Gasteiger partial charge is 0.147 e. The van der Waals surface area contributed by atoms with Gasteiger partial charge in [0.25, 0.3) is 0 Å². The first kappa shape index (κ1) is 15.0. The largest absolute Gasteiger partial charge is 0.292 e. The predicted molar refractivity (Wildman–Crippen MR) is 88.3 cm³/mol. The monoisotopic (exact) mass is 438 g/mol. The van der Waals surface area contributed by atoms with Crippen molar-refractivity contribution in [2.75, 3.05) is 0 Å². The summed E-state index contributed by atoms with van der Waals surface area (Å²) >= 11 is 13.7. The lowest BCUT2D eigenvalue weighted by Crippen LogP contribution is -2.02. The van der Waals surface area contributed by atoms with Gasteiger partial charge in [0.05, 0.1) is 26.2 Å². The minimum Gasteiger partial charge on any atom is -0.292 e. The second-order valence-electron chi connectivity index (χ2n) is 4.35. The fourth-order valence-electron chi connectivity index (χ4n) is 2.14. The lowest BCUT2D eigenvalue weighted by molar-refractivity contribution is 0.615. The number of imidazole rings is 1. The van der Waals surface area contributed by atoms with E-state index in [-0.39, 0.29) is 11.6 Å². The number of rotatable bonds is 2. The summed E-state index contributed by atoms with van der Waals surface area (Å²) in [7, 11) is 0. The highest BCUT2D eigenvalue weighted by molar-refractivity contribution is 14.1. The van der Waals surface area contributed by atoms with E-state index in [2.05, 4.69) is 4.98 Å². The standard InChI is InChI=1S/C14H7Cl2F2IN2/c15-6-14-20-11-5-10(19)9(18)4-13(11)21(14)12-3-7(16)1-2-8(12)17/h1-5H,6H2. The molecule has 2 aromatic carbocycles. The van der Waals surface area contributed by atoms with Crippen LogP contribution in [0.5, 0.6) is 0 Å². The van der Waals surface area contributed by atoms with Crippen LogP contribution in [0.3, 0.4) is 0 Å². The Kier molecular flexibility index (Phi) is 4.07. The van der Waals surface area contributed by atoms with Crippen LogP contribution in [0, 0.1) is 15.2 Å². The maximum absolute atomic E-state index is 14.1. The third-order valence-corrected chi connectivity index (χ3v) is 4.34. The molecule has 0 aliphatic carbocycles. The average molecular weight is 439 g/mol. The van der Waals surface area contributed by atoms with Gasteiger partial charge in [-0.15, -0.1) is 11.6 Å². The first-order valence-electron chi connectivity index (χ1n) is 5.89. The molecule has 0 bridgehead atoms. The third kappa shape index (κ3) is 2.62. The number of halogens is 5. The Balaban J connectivity index is 2.40. The van der Waals surface area contributed by atoms with Gasteiger partial charge in [0.1, 0.15) is 17.5 Å². The molecule has 1 aromatic heterocycles. The summed E-state index contributed by atoms with van der Waals surface area (Å²) in [6, 6.07) is 7.08. The van der Waals surface area contributed by atoms with Gasteiger partial charge in [0, 0.05) is 11.1 Å². The fraction of sp³-hybridized carbons (Fsp3) is 0.0714. The minimum atomic E-state index is -0.482.